The Morgan fingerprint density at radius 3 is 2.94 bits per heavy atom. The van der Waals surface area contributed by atoms with Crippen molar-refractivity contribution in [3.05, 3.63) is 35.4 Å². The molecule has 0 bridgehead atoms. The summed E-state index contributed by atoms with van der Waals surface area (Å²) in [5.74, 6) is 0.830. The lowest BCUT2D eigenvalue weighted by Gasteiger charge is -2.09. The topological polar surface area (TPSA) is 32.3 Å². The van der Waals surface area contributed by atoms with Crippen LogP contribution in [0.3, 0.4) is 0 Å². The Hall–Kier alpha value is -0.860. The van der Waals surface area contributed by atoms with Crippen molar-refractivity contribution < 1.29 is 5.11 Å². The van der Waals surface area contributed by atoms with E-state index in [4.69, 9.17) is 0 Å². The molecule has 1 saturated carbocycles. The Kier molecular flexibility index (Phi) is 4.57. The number of aliphatic hydroxyl groups is 1. The standard InChI is InChI=1S/C15H23NO/c1-2-15(17)8-9-16-11-12-4-3-5-14(10-12)13-6-7-13/h3-5,10,13,15-17H,2,6-9,11H2,1H3. The highest BCUT2D eigenvalue weighted by Crippen LogP contribution is 2.40. The molecular formula is C15H23NO. The summed E-state index contributed by atoms with van der Waals surface area (Å²) >= 11 is 0. The lowest BCUT2D eigenvalue weighted by molar-refractivity contribution is 0.159. The van der Waals surface area contributed by atoms with E-state index in [0.717, 1.165) is 31.8 Å². The Morgan fingerprint density at radius 2 is 2.24 bits per heavy atom. The van der Waals surface area contributed by atoms with Crippen LogP contribution in [-0.2, 0) is 6.54 Å². The molecule has 1 aromatic rings. The van der Waals surface area contributed by atoms with E-state index in [1.165, 1.54) is 24.0 Å². The minimum atomic E-state index is -0.153. The van der Waals surface area contributed by atoms with Gasteiger partial charge in [-0.05, 0) is 49.3 Å². The van der Waals surface area contributed by atoms with E-state index >= 15 is 0 Å². The van der Waals surface area contributed by atoms with Gasteiger partial charge in [0.1, 0.15) is 0 Å². The van der Waals surface area contributed by atoms with Gasteiger partial charge in [0.15, 0.2) is 0 Å². The third-order valence-electron chi connectivity index (χ3n) is 3.45. The van der Waals surface area contributed by atoms with Crippen molar-refractivity contribution in [2.75, 3.05) is 6.54 Å². The van der Waals surface area contributed by atoms with Crippen molar-refractivity contribution in [3.8, 4) is 0 Å². The molecule has 1 aliphatic rings. The molecule has 1 fully saturated rings. The molecule has 0 radical (unpaired) electrons. The molecule has 0 spiro atoms. The maximum Gasteiger partial charge on any atom is 0.0549 e. The summed E-state index contributed by atoms with van der Waals surface area (Å²) < 4.78 is 0. The molecule has 1 unspecified atom stereocenters. The summed E-state index contributed by atoms with van der Waals surface area (Å²) in [7, 11) is 0. The van der Waals surface area contributed by atoms with E-state index in [-0.39, 0.29) is 6.10 Å². The van der Waals surface area contributed by atoms with Gasteiger partial charge >= 0.3 is 0 Å². The van der Waals surface area contributed by atoms with Crippen LogP contribution in [0.25, 0.3) is 0 Å². The lowest BCUT2D eigenvalue weighted by atomic mass is 10.1. The second-order valence-corrected chi connectivity index (χ2v) is 5.05. The smallest absolute Gasteiger partial charge is 0.0549 e. The molecule has 2 nitrogen and oxygen atoms in total. The molecule has 0 heterocycles. The van der Waals surface area contributed by atoms with Crippen LogP contribution in [0, 0.1) is 0 Å². The average Bonchev–Trinajstić information content (AvgIpc) is 3.19. The lowest BCUT2D eigenvalue weighted by Crippen LogP contribution is -2.19. The maximum absolute atomic E-state index is 9.44. The highest BCUT2D eigenvalue weighted by Gasteiger charge is 2.23. The summed E-state index contributed by atoms with van der Waals surface area (Å²) in [5.41, 5.74) is 2.86. The number of rotatable bonds is 7. The van der Waals surface area contributed by atoms with Gasteiger partial charge in [0.2, 0.25) is 0 Å². The Morgan fingerprint density at radius 1 is 1.41 bits per heavy atom. The molecule has 17 heavy (non-hydrogen) atoms. The van der Waals surface area contributed by atoms with Gasteiger partial charge < -0.3 is 10.4 Å². The SMILES string of the molecule is CCC(O)CCNCc1cccc(C2CC2)c1. The van der Waals surface area contributed by atoms with Gasteiger partial charge in [-0.25, -0.2) is 0 Å². The summed E-state index contributed by atoms with van der Waals surface area (Å²) in [6, 6.07) is 8.89. The zero-order chi connectivity index (χ0) is 12.1. The zero-order valence-electron chi connectivity index (χ0n) is 10.7. The molecule has 2 heteroatoms. The van der Waals surface area contributed by atoms with Crippen molar-refractivity contribution in [3.63, 3.8) is 0 Å². The van der Waals surface area contributed by atoms with Crippen LogP contribution in [-0.4, -0.2) is 17.8 Å². The van der Waals surface area contributed by atoms with Gasteiger partial charge in [0.05, 0.1) is 6.10 Å². The molecule has 0 amide bonds. The largest absolute Gasteiger partial charge is 0.393 e. The number of benzene rings is 1. The Bertz CT molecular complexity index is 347. The fourth-order valence-corrected chi connectivity index (χ4v) is 2.08. The summed E-state index contributed by atoms with van der Waals surface area (Å²) in [4.78, 5) is 0. The highest BCUT2D eigenvalue weighted by molar-refractivity contribution is 5.29. The molecule has 1 aromatic carbocycles. The van der Waals surface area contributed by atoms with Crippen LogP contribution < -0.4 is 5.32 Å². The third-order valence-corrected chi connectivity index (χ3v) is 3.45. The van der Waals surface area contributed by atoms with Crippen LogP contribution in [0.5, 0.6) is 0 Å². The quantitative estimate of drug-likeness (QED) is 0.710. The van der Waals surface area contributed by atoms with Gasteiger partial charge in [-0.1, -0.05) is 31.2 Å². The van der Waals surface area contributed by atoms with Crippen LogP contribution in [0.1, 0.15) is 49.7 Å². The van der Waals surface area contributed by atoms with Gasteiger partial charge in [0, 0.05) is 6.54 Å². The van der Waals surface area contributed by atoms with Gasteiger partial charge in [-0.15, -0.1) is 0 Å². The number of nitrogens with one attached hydrogen (secondary N) is 1. The first-order valence-electron chi connectivity index (χ1n) is 6.77. The molecule has 0 aliphatic heterocycles. The molecule has 0 aromatic heterocycles. The van der Waals surface area contributed by atoms with E-state index in [0.29, 0.717) is 0 Å². The minimum absolute atomic E-state index is 0.153. The number of hydrogen-bond acceptors (Lipinski definition) is 2. The number of hydrogen-bond donors (Lipinski definition) is 2. The van der Waals surface area contributed by atoms with Crippen molar-refractivity contribution in [1.82, 2.24) is 5.32 Å². The second-order valence-electron chi connectivity index (χ2n) is 5.05. The fraction of sp³-hybridized carbons (Fsp3) is 0.600. The minimum Gasteiger partial charge on any atom is -0.393 e. The van der Waals surface area contributed by atoms with E-state index in [1.807, 2.05) is 6.92 Å². The zero-order valence-corrected chi connectivity index (χ0v) is 10.7. The molecular weight excluding hydrogens is 210 g/mol. The molecule has 1 atom stereocenters. The first-order chi connectivity index (χ1) is 8.29. The summed E-state index contributed by atoms with van der Waals surface area (Å²) in [5, 5.41) is 12.8. The molecule has 1 aliphatic carbocycles. The average molecular weight is 233 g/mol. The van der Waals surface area contributed by atoms with Gasteiger partial charge in [-0.2, -0.15) is 0 Å². The molecule has 2 rings (SSSR count). The van der Waals surface area contributed by atoms with E-state index in [1.54, 1.807) is 0 Å². The predicted octanol–water partition coefficient (Wildman–Crippen LogP) is 2.81. The molecule has 0 saturated heterocycles. The van der Waals surface area contributed by atoms with E-state index in [9.17, 15) is 5.11 Å². The normalized spacial score (nSPS) is 17.1. The first-order valence-corrected chi connectivity index (χ1v) is 6.77. The monoisotopic (exact) mass is 233 g/mol. The summed E-state index contributed by atoms with van der Waals surface area (Å²) in [6.07, 6.45) is 4.26. The second kappa shape index (κ2) is 6.18. The Labute approximate surface area is 104 Å². The first kappa shape index (κ1) is 12.6. The fourth-order valence-electron chi connectivity index (χ4n) is 2.08. The van der Waals surface area contributed by atoms with Gasteiger partial charge in [0.25, 0.3) is 0 Å². The third kappa shape index (κ3) is 4.14. The van der Waals surface area contributed by atoms with Crippen LogP contribution in [0.15, 0.2) is 24.3 Å². The highest BCUT2D eigenvalue weighted by atomic mass is 16.3. The predicted molar refractivity (Wildman–Crippen MR) is 71.0 cm³/mol. The van der Waals surface area contributed by atoms with Crippen LogP contribution in [0.2, 0.25) is 0 Å². The van der Waals surface area contributed by atoms with Crippen molar-refractivity contribution in [2.45, 2.75) is 51.2 Å². The van der Waals surface area contributed by atoms with E-state index in [2.05, 4.69) is 29.6 Å². The number of aliphatic hydroxyl groups excluding tert-OH is 1. The van der Waals surface area contributed by atoms with E-state index < -0.39 is 0 Å². The maximum atomic E-state index is 9.44. The summed E-state index contributed by atoms with van der Waals surface area (Å²) in [6.45, 7) is 3.82. The van der Waals surface area contributed by atoms with Crippen molar-refractivity contribution >= 4 is 0 Å². The van der Waals surface area contributed by atoms with Gasteiger partial charge in [-0.3, -0.25) is 0 Å². The Balaban J connectivity index is 1.73. The van der Waals surface area contributed by atoms with Crippen LogP contribution in [0.4, 0.5) is 0 Å². The van der Waals surface area contributed by atoms with Crippen molar-refractivity contribution in [1.29, 1.82) is 0 Å². The van der Waals surface area contributed by atoms with Crippen LogP contribution >= 0.6 is 0 Å². The molecule has 2 N–H and O–H groups in total. The molecule has 94 valence electrons. The van der Waals surface area contributed by atoms with Crippen molar-refractivity contribution in [2.24, 2.45) is 0 Å².